The summed E-state index contributed by atoms with van der Waals surface area (Å²) in [5.41, 5.74) is 0.329. The number of nitrogens with zero attached hydrogens (tertiary/aromatic N) is 4. The van der Waals surface area contributed by atoms with Gasteiger partial charge in [0.25, 0.3) is 0 Å². The fraction of sp³-hybridized carbons (Fsp3) is 0.654. The lowest BCUT2D eigenvalue weighted by molar-refractivity contribution is 0.185. The van der Waals surface area contributed by atoms with Gasteiger partial charge in [-0.05, 0) is 42.6 Å². The van der Waals surface area contributed by atoms with Gasteiger partial charge in [0, 0.05) is 6.54 Å². The van der Waals surface area contributed by atoms with Crippen LogP contribution >= 0.6 is 0 Å². The van der Waals surface area contributed by atoms with Crippen LogP contribution in [0.2, 0.25) is 0 Å². The van der Waals surface area contributed by atoms with Crippen molar-refractivity contribution in [2.75, 3.05) is 17.2 Å². The van der Waals surface area contributed by atoms with Crippen molar-refractivity contribution in [3.63, 3.8) is 0 Å². The number of hydrogen-bond acceptors (Lipinski definition) is 6. The molecule has 0 spiro atoms. The molecule has 1 aliphatic carbocycles. The summed E-state index contributed by atoms with van der Waals surface area (Å²) in [5.74, 6) is 0.562. The van der Waals surface area contributed by atoms with E-state index < -0.39 is 33.6 Å². The van der Waals surface area contributed by atoms with E-state index >= 15 is 0 Å². The van der Waals surface area contributed by atoms with Crippen LogP contribution in [0.4, 0.5) is 10.8 Å². The number of piperidine rings is 1. The fourth-order valence-electron chi connectivity index (χ4n) is 5.68. The molecular formula is C26H38N4O5S. The second-order valence-electron chi connectivity index (χ2n) is 11.2. The number of carboxylic acid groups (broad SMARTS) is 1. The first-order chi connectivity index (χ1) is 17.1. The maximum atomic E-state index is 13.4. The van der Waals surface area contributed by atoms with Crippen LogP contribution < -0.4 is 4.90 Å². The predicted molar refractivity (Wildman–Crippen MR) is 137 cm³/mol. The second-order valence-corrected chi connectivity index (χ2v) is 13.1. The molecule has 1 aromatic heterocycles. The van der Waals surface area contributed by atoms with Gasteiger partial charge in [0.15, 0.2) is 5.82 Å². The molecular weight excluding hydrogens is 480 g/mol. The van der Waals surface area contributed by atoms with Gasteiger partial charge in [0.1, 0.15) is 0 Å². The van der Waals surface area contributed by atoms with E-state index in [0.717, 1.165) is 49.0 Å². The third-order valence-electron chi connectivity index (χ3n) is 7.32. The van der Waals surface area contributed by atoms with Gasteiger partial charge in [-0.3, -0.25) is 0 Å². The maximum Gasteiger partial charge on any atom is 0.416 e. The number of aromatic nitrogens is 2. The standard InChI is InChI=1S/C26H38N4O5S/c1-26(2,3)22(20-14-8-5-9-15-20)30(25(31)32)24-27-23(28-35-24)21-16-10-11-17-29(21)36(33,34)18-19-12-6-4-7-13-19/h5,8-9,14-15,19,21-22H,4,6-7,10-13,16-18H2,1-3H3,(H,31,32)/t21-,22?/m0/s1. The van der Waals surface area contributed by atoms with Gasteiger partial charge in [-0.25, -0.2) is 18.1 Å². The van der Waals surface area contributed by atoms with Crippen molar-refractivity contribution < 1.29 is 22.8 Å². The summed E-state index contributed by atoms with van der Waals surface area (Å²) in [6.45, 7) is 6.29. The van der Waals surface area contributed by atoms with Gasteiger partial charge >= 0.3 is 12.1 Å². The molecule has 1 aliphatic heterocycles. The summed E-state index contributed by atoms with van der Waals surface area (Å²) in [5, 5.41) is 14.3. The number of hydrogen-bond donors (Lipinski definition) is 1. The number of anilines is 1. The Kier molecular flexibility index (Phi) is 8.04. The van der Waals surface area contributed by atoms with E-state index in [-0.39, 0.29) is 23.5 Å². The first kappa shape index (κ1) is 26.6. The second kappa shape index (κ2) is 10.9. The number of carbonyl (C=O) groups is 1. The Morgan fingerprint density at radius 2 is 1.78 bits per heavy atom. The van der Waals surface area contributed by atoms with E-state index in [1.165, 1.54) is 10.7 Å². The molecule has 36 heavy (non-hydrogen) atoms. The minimum Gasteiger partial charge on any atom is -0.465 e. The molecule has 1 unspecified atom stereocenters. The molecule has 1 aromatic carbocycles. The summed E-state index contributed by atoms with van der Waals surface area (Å²) in [4.78, 5) is 18.1. The number of sulfonamides is 1. The molecule has 1 N–H and O–H groups in total. The Morgan fingerprint density at radius 1 is 1.11 bits per heavy atom. The first-order valence-electron chi connectivity index (χ1n) is 13.0. The van der Waals surface area contributed by atoms with Crippen LogP contribution in [0.15, 0.2) is 34.9 Å². The van der Waals surface area contributed by atoms with Crippen molar-refractivity contribution in [1.29, 1.82) is 0 Å². The Bertz CT molecular complexity index is 1120. The molecule has 1 amide bonds. The topological polar surface area (TPSA) is 117 Å². The van der Waals surface area contributed by atoms with Crippen molar-refractivity contribution in [3.8, 4) is 0 Å². The summed E-state index contributed by atoms with van der Waals surface area (Å²) in [6, 6.07) is 8.09. The zero-order valence-corrected chi connectivity index (χ0v) is 22.3. The normalized spacial score (nSPS) is 21.2. The van der Waals surface area contributed by atoms with Crippen LogP contribution in [0.1, 0.15) is 95.6 Å². The maximum absolute atomic E-state index is 13.4. The molecule has 2 atom stereocenters. The van der Waals surface area contributed by atoms with Crippen LogP contribution in [0.5, 0.6) is 0 Å². The Morgan fingerprint density at radius 3 is 2.42 bits per heavy atom. The lowest BCUT2D eigenvalue weighted by Crippen LogP contribution is -2.42. The zero-order chi connectivity index (χ0) is 25.9. The third-order valence-corrected chi connectivity index (χ3v) is 9.36. The van der Waals surface area contributed by atoms with Crippen molar-refractivity contribution in [3.05, 3.63) is 41.7 Å². The molecule has 9 nitrogen and oxygen atoms in total. The van der Waals surface area contributed by atoms with Crippen molar-refractivity contribution in [2.24, 2.45) is 11.3 Å². The Hall–Kier alpha value is -2.46. The highest BCUT2D eigenvalue weighted by Gasteiger charge is 2.41. The van der Waals surface area contributed by atoms with Crippen molar-refractivity contribution >= 4 is 22.1 Å². The van der Waals surface area contributed by atoms with Gasteiger partial charge in [-0.15, -0.1) is 0 Å². The van der Waals surface area contributed by atoms with Crippen LogP contribution in [-0.2, 0) is 10.0 Å². The molecule has 2 aromatic rings. The highest BCUT2D eigenvalue weighted by atomic mass is 32.2. The highest BCUT2D eigenvalue weighted by Crippen LogP contribution is 2.41. The Labute approximate surface area is 213 Å². The zero-order valence-electron chi connectivity index (χ0n) is 21.5. The van der Waals surface area contributed by atoms with Crippen molar-refractivity contribution in [2.45, 2.75) is 84.2 Å². The smallest absolute Gasteiger partial charge is 0.416 e. The molecule has 10 heteroatoms. The largest absolute Gasteiger partial charge is 0.465 e. The van der Waals surface area contributed by atoms with Crippen LogP contribution in [0.25, 0.3) is 0 Å². The Balaban J connectivity index is 1.63. The molecule has 4 rings (SSSR count). The molecule has 0 bridgehead atoms. The van der Waals surface area contributed by atoms with Gasteiger partial charge in [0.2, 0.25) is 10.0 Å². The quantitative estimate of drug-likeness (QED) is 0.494. The average Bonchev–Trinajstić information content (AvgIpc) is 3.32. The summed E-state index contributed by atoms with van der Waals surface area (Å²) in [7, 11) is -3.51. The van der Waals surface area contributed by atoms with Gasteiger partial charge < -0.3 is 9.63 Å². The van der Waals surface area contributed by atoms with Gasteiger partial charge in [-0.1, -0.05) is 81.9 Å². The third kappa shape index (κ3) is 5.91. The van der Waals surface area contributed by atoms with Crippen LogP contribution in [0.3, 0.4) is 0 Å². The summed E-state index contributed by atoms with van der Waals surface area (Å²) in [6.07, 6.45) is 6.24. The van der Waals surface area contributed by atoms with E-state index in [0.29, 0.717) is 13.0 Å². The summed E-state index contributed by atoms with van der Waals surface area (Å²) < 4.78 is 33.9. The first-order valence-corrected chi connectivity index (χ1v) is 14.6. The molecule has 2 aliphatic rings. The van der Waals surface area contributed by atoms with Gasteiger partial charge in [-0.2, -0.15) is 9.29 Å². The molecule has 2 heterocycles. The highest BCUT2D eigenvalue weighted by molar-refractivity contribution is 7.89. The van der Waals surface area contributed by atoms with Crippen molar-refractivity contribution in [1.82, 2.24) is 14.4 Å². The number of amides is 1. The number of benzene rings is 1. The average molecular weight is 519 g/mol. The minimum atomic E-state index is -3.51. The predicted octanol–water partition coefficient (Wildman–Crippen LogP) is 5.78. The van der Waals surface area contributed by atoms with E-state index in [2.05, 4.69) is 10.1 Å². The minimum absolute atomic E-state index is 0.142. The fourth-order valence-corrected chi connectivity index (χ4v) is 7.79. The van der Waals surface area contributed by atoms with Crippen LogP contribution in [-0.4, -0.2) is 46.4 Å². The van der Waals surface area contributed by atoms with E-state index in [1.54, 1.807) is 0 Å². The molecule has 2 fully saturated rings. The lowest BCUT2D eigenvalue weighted by Gasteiger charge is -2.36. The monoisotopic (exact) mass is 518 g/mol. The number of rotatable bonds is 7. The van der Waals surface area contributed by atoms with E-state index in [4.69, 9.17) is 4.52 Å². The van der Waals surface area contributed by atoms with Crippen LogP contribution in [0, 0.1) is 11.3 Å². The van der Waals surface area contributed by atoms with E-state index in [9.17, 15) is 18.3 Å². The lowest BCUT2D eigenvalue weighted by atomic mass is 9.81. The van der Waals surface area contributed by atoms with E-state index in [1.807, 2.05) is 51.1 Å². The summed E-state index contributed by atoms with van der Waals surface area (Å²) >= 11 is 0. The van der Waals surface area contributed by atoms with Gasteiger partial charge in [0.05, 0.1) is 17.8 Å². The molecule has 1 saturated heterocycles. The SMILES string of the molecule is CC(C)(C)C(c1ccccc1)N(C(=O)O)c1nc([C@@H]2CCCCN2S(=O)(=O)CC2CCCCC2)no1. The molecule has 1 saturated carbocycles. The molecule has 0 radical (unpaired) electrons. The molecule has 198 valence electrons.